The van der Waals surface area contributed by atoms with E-state index in [-0.39, 0.29) is 42.3 Å². The Labute approximate surface area is 172 Å². The summed E-state index contributed by atoms with van der Waals surface area (Å²) in [7, 11) is 1.72. The zero-order valence-electron chi connectivity index (χ0n) is 16.1. The van der Waals surface area contributed by atoms with Crippen molar-refractivity contribution in [1.29, 1.82) is 5.26 Å². The highest BCUT2D eigenvalue weighted by atomic mass is 32.2. The molecule has 2 aromatic heterocycles. The summed E-state index contributed by atoms with van der Waals surface area (Å²) in [6, 6.07) is 7.14. The summed E-state index contributed by atoms with van der Waals surface area (Å²) in [5.74, 6) is -0.325. The zero-order chi connectivity index (χ0) is 21.9. The lowest BCUT2D eigenvalue weighted by atomic mass is 10.1. The fraction of sp³-hybridized carbons (Fsp3) is 0.316. The number of nitrogens with zero attached hydrogens (tertiary/aromatic N) is 4. The molecular formula is C19H18F3N4O3S+. The highest BCUT2D eigenvalue weighted by Gasteiger charge is 2.35. The molecule has 0 radical (unpaired) electrons. The number of aromatic nitrogens is 3. The predicted molar refractivity (Wildman–Crippen MR) is 105 cm³/mol. The number of hydrogen-bond acceptors (Lipinski definition) is 6. The number of alkyl halides is 3. The number of aryl methyl sites for hydroxylation is 1. The van der Waals surface area contributed by atoms with E-state index in [9.17, 15) is 22.6 Å². The first-order chi connectivity index (χ1) is 14.2. The van der Waals surface area contributed by atoms with Gasteiger partial charge in [-0.15, -0.1) is 0 Å². The van der Waals surface area contributed by atoms with Crippen molar-refractivity contribution in [2.45, 2.75) is 12.6 Å². The Morgan fingerprint density at radius 1 is 1.27 bits per heavy atom. The number of imidazole rings is 1. The average molecular weight is 439 g/mol. The lowest BCUT2D eigenvalue weighted by Crippen LogP contribution is -2.11. The monoisotopic (exact) mass is 439 g/mol. The lowest BCUT2D eigenvalue weighted by Gasteiger charge is -2.15. The molecule has 1 atom stereocenters. The number of rotatable bonds is 7. The van der Waals surface area contributed by atoms with Crippen LogP contribution >= 0.6 is 0 Å². The van der Waals surface area contributed by atoms with Gasteiger partial charge in [0.05, 0.1) is 29.7 Å². The van der Waals surface area contributed by atoms with E-state index in [4.69, 9.17) is 8.92 Å². The molecule has 0 aliphatic heterocycles. The fourth-order valence-electron chi connectivity index (χ4n) is 2.82. The van der Waals surface area contributed by atoms with Gasteiger partial charge in [-0.1, -0.05) is 4.21 Å². The molecule has 30 heavy (non-hydrogen) atoms. The summed E-state index contributed by atoms with van der Waals surface area (Å²) < 4.78 is 63.5. The smallest absolute Gasteiger partial charge is 0.419 e. The Morgan fingerprint density at radius 2 is 2.03 bits per heavy atom. The molecule has 0 aliphatic rings. The Kier molecular flexibility index (Phi) is 6.38. The third kappa shape index (κ3) is 4.77. The third-order valence-electron chi connectivity index (χ3n) is 4.22. The molecule has 158 valence electrons. The van der Waals surface area contributed by atoms with Gasteiger partial charge < -0.3 is 9.30 Å². The summed E-state index contributed by atoms with van der Waals surface area (Å²) >= 11 is -1.76. The minimum Gasteiger partial charge on any atom is -0.493 e. The van der Waals surface area contributed by atoms with E-state index in [1.165, 1.54) is 24.7 Å². The van der Waals surface area contributed by atoms with E-state index < -0.39 is 22.8 Å². The average Bonchev–Trinajstić information content (AvgIpc) is 3.07. The number of fused-ring (bicyclic) bond motifs is 1. The third-order valence-corrected chi connectivity index (χ3v) is 4.76. The molecule has 0 spiro atoms. The Balaban J connectivity index is 1.94. The molecule has 0 saturated heterocycles. The molecule has 0 aliphatic carbocycles. The van der Waals surface area contributed by atoms with Gasteiger partial charge in [0.15, 0.2) is 5.69 Å². The first kappa shape index (κ1) is 21.7. The summed E-state index contributed by atoms with van der Waals surface area (Å²) in [5.41, 5.74) is 0.468. The van der Waals surface area contributed by atoms with Crippen LogP contribution in [-0.4, -0.2) is 34.0 Å². The van der Waals surface area contributed by atoms with E-state index >= 15 is 0 Å². The van der Waals surface area contributed by atoms with Crippen LogP contribution in [0.25, 0.3) is 22.3 Å². The molecule has 3 aromatic rings. The predicted octanol–water partition coefficient (Wildman–Crippen LogP) is 3.55. The lowest BCUT2D eigenvalue weighted by molar-refractivity contribution is -0.138. The number of benzene rings is 1. The normalized spacial score (nSPS) is 12.7. The van der Waals surface area contributed by atoms with Crippen molar-refractivity contribution < 1.29 is 26.3 Å². The van der Waals surface area contributed by atoms with Crippen molar-refractivity contribution in [1.82, 2.24) is 14.5 Å². The van der Waals surface area contributed by atoms with E-state index in [1.807, 2.05) is 6.07 Å². The van der Waals surface area contributed by atoms with Crippen LogP contribution in [0, 0.1) is 11.3 Å². The number of hydrogen-bond donors (Lipinski definition) is 0. The molecular weight excluding hydrogens is 421 g/mol. The topological polar surface area (TPSA) is 90.0 Å². The molecule has 1 aromatic carbocycles. The molecule has 0 amide bonds. The maximum Gasteiger partial charge on any atom is 0.419 e. The number of pyridine rings is 1. The second kappa shape index (κ2) is 8.81. The zero-order valence-corrected chi connectivity index (χ0v) is 17.0. The second-order valence-electron chi connectivity index (χ2n) is 6.37. The minimum absolute atomic E-state index is 0.0244. The van der Waals surface area contributed by atoms with Crippen molar-refractivity contribution in [3.63, 3.8) is 0 Å². The van der Waals surface area contributed by atoms with E-state index in [0.717, 1.165) is 6.07 Å². The van der Waals surface area contributed by atoms with Gasteiger partial charge in [0.1, 0.15) is 30.2 Å². The molecule has 0 fully saturated rings. The first-order valence-electron chi connectivity index (χ1n) is 8.81. The van der Waals surface area contributed by atoms with Crippen LogP contribution < -0.4 is 4.74 Å². The first-order valence-corrected chi connectivity index (χ1v) is 10.4. The van der Waals surface area contributed by atoms with Gasteiger partial charge in [-0.05, 0) is 24.3 Å². The molecule has 2 heterocycles. The van der Waals surface area contributed by atoms with Crippen LogP contribution in [0.15, 0.2) is 30.6 Å². The van der Waals surface area contributed by atoms with Gasteiger partial charge in [0.2, 0.25) is 11.1 Å². The SMILES string of the molecule is Cn1cnc2c(C#N)nc(-c3ccc(OCCCO[SH+](C)=O)c(C(F)(F)F)c3)cc21. The summed E-state index contributed by atoms with van der Waals surface area (Å²) in [4.78, 5) is 8.27. The standard InChI is InChI=1S/C19H17F3N4O3S/c1-26-11-24-18-15(10-23)25-14(9-16(18)26)12-4-5-17(13(8-12)19(20,21)22)28-6-3-7-29-30(2)27/h4-5,8-9,11H,3,6-7H2,1-2H3/p+1. The number of halogens is 3. The van der Waals surface area contributed by atoms with Crippen LogP contribution in [0.4, 0.5) is 13.2 Å². The highest BCUT2D eigenvalue weighted by Crippen LogP contribution is 2.39. The summed E-state index contributed by atoms with van der Waals surface area (Å²) in [5, 5.41) is 9.33. The molecule has 0 saturated carbocycles. The van der Waals surface area contributed by atoms with E-state index in [0.29, 0.717) is 11.0 Å². The van der Waals surface area contributed by atoms with Crippen LogP contribution in [-0.2, 0) is 32.7 Å². The fourth-order valence-corrected chi connectivity index (χ4v) is 3.21. The van der Waals surface area contributed by atoms with E-state index in [1.54, 1.807) is 17.7 Å². The maximum atomic E-state index is 13.6. The Bertz CT molecular complexity index is 1140. The molecule has 0 bridgehead atoms. The quantitative estimate of drug-likeness (QED) is 0.318. The number of ether oxygens (including phenoxy) is 1. The second-order valence-corrected chi connectivity index (χ2v) is 7.51. The van der Waals surface area contributed by atoms with Crippen molar-refractivity contribution in [2.75, 3.05) is 19.5 Å². The number of nitriles is 1. The summed E-state index contributed by atoms with van der Waals surface area (Å²) in [6.45, 7) is 0.0973. The Hall–Kier alpha value is -2.97. The van der Waals surface area contributed by atoms with Crippen LogP contribution in [0.2, 0.25) is 0 Å². The van der Waals surface area contributed by atoms with Gasteiger partial charge >= 0.3 is 6.18 Å². The summed E-state index contributed by atoms with van der Waals surface area (Å²) in [6.07, 6.45) is -1.46. The van der Waals surface area contributed by atoms with Gasteiger partial charge in [0.25, 0.3) is 0 Å². The van der Waals surface area contributed by atoms with Crippen molar-refractivity contribution in [3.8, 4) is 23.1 Å². The van der Waals surface area contributed by atoms with Gasteiger partial charge in [-0.2, -0.15) is 22.6 Å². The van der Waals surface area contributed by atoms with Crippen molar-refractivity contribution >= 4 is 22.1 Å². The van der Waals surface area contributed by atoms with Crippen LogP contribution in [0.5, 0.6) is 5.75 Å². The van der Waals surface area contributed by atoms with Gasteiger partial charge in [-0.25, -0.2) is 9.97 Å². The molecule has 11 heteroatoms. The molecule has 7 nitrogen and oxygen atoms in total. The maximum absolute atomic E-state index is 13.6. The Morgan fingerprint density at radius 3 is 2.70 bits per heavy atom. The van der Waals surface area contributed by atoms with Crippen molar-refractivity contribution in [2.24, 2.45) is 7.05 Å². The van der Waals surface area contributed by atoms with Crippen molar-refractivity contribution in [3.05, 3.63) is 41.9 Å². The van der Waals surface area contributed by atoms with Crippen LogP contribution in [0.3, 0.4) is 0 Å². The van der Waals surface area contributed by atoms with Gasteiger partial charge in [0, 0.05) is 19.0 Å². The van der Waals surface area contributed by atoms with Gasteiger partial charge in [-0.3, -0.25) is 0 Å². The highest BCUT2D eigenvalue weighted by molar-refractivity contribution is 7.79. The largest absolute Gasteiger partial charge is 0.493 e. The van der Waals surface area contributed by atoms with Crippen LogP contribution in [0.1, 0.15) is 17.7 Å². The molecule has 3 rings (SSSR count). The molecule has 1 unspecified atom stereocenters. The number of thiol groups is 1. The molecule has 0 N–H and O–H groups in total. The van der Waals surface area contributed by atoms with E-state index in [2.05, 4.69) is 9.97 Å². The minimum atomic E-state index is -4.65.